The highest BCUT2D eigenvalue weighted by atomic mass is 16.2. The lowest BCUT2D eigenvalue weighted by atomic mass is 10.0. The molecule has 0 aliphatic heterocycles. The molecule has 6 N–H and O–H groups in total. The summed E-state index contributed by atoms with van der Waals surface area (Å²) in [5.41, 5.74) is 11.5. The summed E-state index contributed by atoms with van der Waals surface area (Å²) in [6.45, 7) is 0.296. The lowest BCUT2D eigenvalue weighted by Crippen LogP contribution is -2.48. The summed E-state index contributed by atoms with van der Waals surface area (Å²) in [7, 11) is 0. The molecule has 0 aromatic heterocycles. The third kappa shape index (κ3) is 5.91. The van der Waals surface area contributed by atoms with Gasteiger partial charge in [-0.1, -0.05) is 54.6 Å². The Morgan fingerprint density at radius 3 is 2.28 bits per heavy atom. The van der Waals surface area contributed by atoms with Crippen LogP contribution in [-0.2, 0) is 4.79 Å². The number of imide groups is 1. The van der Waals surface area contributed by atoms with Gasteiger partial charge in [-0.05, 0) is 41.8 Å². The van der Waals surface area contributed by atoms with E-state index in [0.717, 1.165) is 10.8 Å². The van der Waals surface area contributed by atoms with E-state index in [9.17, 15) is 14.4 Å². The van der Waals surface area contributed by atoms with Gasteiger partial charge in [0.05, 0.1) is 0 Å². The first-order valence-corrected chi connectivity index (χ1v) is 10.2. The maximum absolute atomic E-state index is 12.9. The predicted molar refractivity (Wildman–Crippen MR) is 124 cm³/mol. The van der Waals surface area contributed by atoms with Gasteiger partial charge in [0.1, 0.15) is 6.04 Å². The predicted octanol–water partition coefficient (Wildman–Crippen LogP) is 1.95. The number of nitrogens with two attached hydrogens (primary N) is 2. The molecule has 8 heteroatoms. The minimum atomic E-state index is -0.934. The minimum Gasteiger partial charge on any atom is -0.370 e. The normalized spacial score (nSPS) is 11.4. The molecule has 0 aliphatic rings. The van der Waals surface area contributed by atoms with Gasteiger partial charge in [0.25, 0.3) is 11.8 Å². The molecular weight excluding hydrogens is 406 g/mol. The zero-order chi connectivity index (χ0) is 22.9. The van der Waals surface area contributed by atoms with Crippen molar-refractivity contribution in [2.24, 2.45) is 16.5 Å². The van der Waals surface area contributed by atoms with E-state index < -0.39 is 23.8 Å². The highest BCUT2D eigenvalue weighted by Gasteiger charge is 2.24. The highest BCUT2D eigenvalue weighted by molar-refractivity contribution is 6.13. The van der Waals surface area contributed by atoms with Crippen molar-refractivity contribution in [3.8, 4) is 0 Å². The molecule has 0 unspecified atom stereocenters. The van der Waals surface area contributed by atoms with Gasteiger partial charge in [-0.25, -0.2) is 0 Å². The SMILES string of the molecule is NC(N)=NCCC[C@H](NC(=O)c1ccccc1)C(=O)NC(=O)c1cccc2ccccc12. The quantitative estimate of drug-likeness (QED) is 0.245. The Morgan fingerprint density at radius 2 is 1.53 bits per heavy atom. The van der Waals surface area contributed by atoms with Gasteiger partial charge in [0.15, 0.2) is 5.96 Å². The number of benzene rings is 3. The molecule has 3 aromatic rings. The molecule has 3 rings (SSSR count). The summed E-state index contributed by atoms with van der Waals surface area (Å²) in [4.78, 5) is 42.3. The number of fused-ring (bicyclic) bond motifs is 1. The van der Waals surface area contributed by atoms with Crippen molar-refractivity contribution in [1.29, 1.82) is 0 Å². The Bertz CT molecular complexity index is 1140. The molecule has 0 aliphatic carbocycles. The molecule has 3 aromatic carbocycles. The summed E-state index contributed by atoms with van der Waals surface area (Å²) >= 11 is 0. The van der Waals surface area contributed by atoms with E-state index in [0.29, 0.717) is 24.1 Å². The van der Waals surface area contributed by atoms with Crippen LogP contribution in [0, 0.1) is 0 Å². The summed E-state index contributed by atoms with van der Waals surface area (Å²) in [5, 5.41) is 6.74. The molecular formula is C24H25N5O3. The fraction of sp³-hybridized carbons (Fsp3) is 0.167. The third-order valence-electron chi connectivity index (χ3n) is 4.87. The number of aliphatic imine (C=N–C) groups is 1. The molecule has 0 fully saturated rings. The lowest BCUT2D eigenvalue weighted by molar-refractivity contribution is -0.122. The van der Waals surface area contributed by atoms with Crippen molar-refractivity contribution >= 4 is 34.5 Å². The first-order chi connectivity index (χ1) is 15.5. The van der Waals surface area contributed by atoms with E-state index in [-0.39, 0.29) is 12.4 Å². The van der Waals surface area contributed by atoms with Gasteiger partial charge in [0, 0.05) is 17.7 Å². The molecule has 0 radical (unpaired) electrons. The molecule has 8 nitrogen and oxygen atoms in total. The number of guanidine groups is 1. The number of carbonyl (C=O) groups is 3. The van der Waals surface area contributed by atoms with Crippen LogP contribution in [0.1, 0.15) is 33.6 Å². The fourth-order valence-corrected chi connectivity index (χ4v) is 3.29. The van der Waals surface area contributed by atoms with E-state index >= 15 is 0 Å². The summed E-state index contributed by atoms with van der Waals surface area (Å²) in [6.07, 6.45) is 0.692. The monoisotopic (exact) mass is 431 g/mol. The van der Waals surface area contributed by atoms with E-state index in [1.54, 1.807) is 42.5 Å². The van der Waals surface area contributed by atoms with E-state index in [1.165, 1.54) is 0 Å². The van der Waals surface area contributed by atoms with Crippen molar-refractivity contribution in [3.63, 3.8) is 0 Å². The van der Waals surface area contributed by atoms with Gasteiger partial charge in [-0.15, -0.1) is 0 Å². The van der Waals surface area contributed by atoms with Crippen LogP contribution in [0.25, 0.3) is 10.8 Å². The van der Waals surface area contributed by atoms with Crippen molar-refractivity contribution in [3.05, 3.63) is 83.9 Å². The maximum Gasteiger partial charge on any atom is 0.258 e. The highest BCUT2D eigenvalue weighted by Crippen LogP contribution is 2.18. The van der Waals surface area contributed by atoms with Crippen molar-refractivity contribution < 1.29 is 14.4 Å². The molecule has 0 saturated carbocycles. The van der Waals surface area contributed by atoms with E-state index in [1.807, 2.05) is 30.3 Å². The molecule has 3 amide bonds. The molecule has 0 bridgehead atoms. The van der Waals surface area contributed by atoms with Crippen LogP contribution in [0.3, 0.4) is 0 Å². The van der Waals surface area contributed by atoms with Crippen LogP contribution in [0.2, 0.25) is 0 Å². The second-order valence-corrected chi connectivity index (χ2v) is 7.19. The van der Waals surface area contributed by atoms with Gasteiger partial charge < -0.3 is 16.8 Å². The number of amides is 3. The smallest absolute Gasteiger partial charge is 0.258 e. The first-order valence-electron chi connectivity index (χ1n) is 10.2. The molecule has 32 heavy (non-hydrogen) atoms. The van der Waals surface area contributed by atoms with Crippen LogP contribution >= 0.6 is 0 Å². The molecule has 0 saturated heterocycles. The topological polar surface area (TPSA) is 140 Å². The molecule has 0 spiro atoms. The number of nitrogens with zero attached hydrogens (tertiary/aromatic N) is 1. The number of hydrogen-bond acceptors (Lipinski definition) is 4. The number of carbonyl (C=O) groups excluding carboxylic acids is 3. The second kappa shape index (κ2) is 10.7. The van der Waals surface area contributed by atoms with E-state index in [4.69, 9.17) is 11.5 Å². The fourth-order valence-electron chi connectivity index (χ4n) is 3.29. The van der Waals surface area contributed by atoms with Gasteiger partial charge in [0.2, 0.25) is 5.91 Å². The van der Waals surface area contributed by atoms with E-state index in [2.05, 4.69) is 15.6 Å². The zero-order valence-corrected chi connectivity index (χ0v) is 17.5. The average Bonchev–Trinajstić information content (AvgIpc) is 2.80. The zero-order valence-electron chi connectivity index (χ0n) is 17.5. The number of nitrogens with one attached hydrogen (secondary N) is 2. The Morgan fingerprint density at radius 1 is 0.844 bits per heavy atom. The largest absolute Gasteiger partial charge is 0.370 e. The van der Waals surface area contributed by atoms with Gasteiger partial charge in [-0.2, -0.15) is 0 Å². The summed E-state index contributed by atoms with van der Waals surface area (Å²) < 4.78 is 0. The Kier molecular flexibility index (Phi) is 7.53. The van der Waals surface area contributed by atoms with Crippen molar-refractivity contribution in [1.82, 2.24) is 10.6 Å². The molecule has 164 valence electrons. The van der Waals surface area contributed by atoms with Crippen molar-refractivity contribution in [2.75, 3.05) is 6.54 Å². The number of hydrogen-bond donors (Lipinski definition) is 4. The summed E-state index contributed by atoms with van der Waals surface area (Å²) in [6, 6.07) is 20.3. The Labute approximate surface area is 185 Å². The first kappa shape index (κ1) is 22.5. The standard InChI is InChI=1S/C24H25N5O3/c25-24(26)27-15-7-14-20(28-21(30)17-9-2-1-3-10-17)23(32)29-22(31)19-13-6-11-16-8-4-5-12-18(16)19/h1-6,8-13,20H,7,14-15H2,(H,28,30)(H4,25,26,27)(H,29,31,32)/t20-/m0/s1. The van der Waals surface area contributed by atoms with Crippen LogP contribution in [0.5, 0.6) is 0 Å². The lowest BCUT2D eigenvalue weighted by Gasteiger charge is -2.18. The molecule has 0 heterocycles. The van der Waals surface area contributed by atoms with Gasteiger partial charge in [-0.3, -0.25) is 24.7 Å². The maximum atomic E-state index is 12.9. The Balaban J connectivity index is 1.74. The van der Waals surface area contributed by atoms with Gasteiger partial charge >= 0.3 is 0 Å². The van der Waals surface area contributed by atoms with Crippen LogP contribution < -0.4 is 22.1 Å². The average molecular weight is 431 g/mol. The van der Waals surface area contributed by atoms with Crippen molar-refractivity contribution in [2.45, 2.75) is 18.9 Å². The minimum absolute atomic E-state index is 0.0505. The Hall–Kier alpha value is -4.20. The molecule has 1 atom stereocenters. The second-order valence-electron chi connectivity index (χ2n) is 7.19. The van der Waals surface area contributed by atoms with Crippen LogP contribution in [0.15, 0.2) is 77.8 Å². The third-order valence-corrected chi connectivity index (χ3v) is 4.87. The van der Waals surface area contributed by atoms with Crippen LogP contribution in [-0.4, -0.2) is 36.3 Å². The summed E-state index contributed by atoms with van der Waals surface area (Å²) in [5.74, 6) is -1.59. The van der Waals surface area contributed by atoms with Crippen LogP contribution in [0.4, 0.5) is 0 Å². The number of rotatable bonds is 8.